The second-order valence-corrected chi connectivity index (χ2v) is 9.08. The second-order valence-electron chi connectivity index (χ2n) is 7.27. The lowest BCUT2D eigenvalue weighted by atomic mass is 10.1. The number of methoxy groups -OCH3 is 1. The Bertz CT molecular complexity index is 1100. The SMILES string of the molecule is COc1ccc2c(ccn2S(=O)(=O)c2ccc(C)cc2)c1N1CCN(C)CC1. The summed E-state index contributed by atoms with van der Waals surface area (Å²) in [5, 5.41) is 0.889. The van der Waals surface area contributed by atoms with E-state index in [1.165, 1.54) is 3.97 Å². The number of likely N-dealkylation sites (N-methyl/N-ethyl adjacent to an activating group) is 1. The molecule has 0 N–H and O–H groups in total. The number of aromatic nitrogens is 1. The average molecular weight is 400 g/mol. The fraction of sp³-hybridized carbons (Fsp3) is 0.333. The van der Waals surface area contributed by atoms with Gasteiger partial charge in [-0.3, -0.25) is 0 Å². The van der Waals surface area contributed by atoms with Gasteiger partial charge in [0, 0.05) is 37.8 Å². The zero-order valence-corrected chi connectivity index (χ0v) is 17.2. The smallest absolute Gasteiger partial charge is 0.268 e. The molecular weight excluding hydrogens is 374 g/mol. The summed E-state index contributed by atoms with van der Waals surface area (Å²) in [5.41, 5.74) is 2.65. The highest BCUT2D eigenvalue weighted by atomic mass is 32.2. The van der Waals surface area contributed by atoms with Crippen LogP contribution in [0.1, 0.15) is 5.56 Å². The normalized spacial score (nSPS) is 15.9. The molecule has 1 saturated heterocycles. The minimum Gasteiger partial charge on any atom is -0.495 e. The van der Waals surface area contributed by atoms with E-state index in [1.54, 1.807) is 25.4 Å². The van der Waals surface area contributed by atoms with Crippen LogP contribution in [0.4, 0.5) is 5.69 Å². The molecule has 0 atom stereocenters. The third kappa shape index (κ3) is 3.14. The Kier molecular flexibility index (Phi) is 4.81. The third-order valence-electron chi connectivity index (χ3n) is 5.39. The molecule has 28 heavy (non-hydrogen) atoms. The summed E-state index contributed by atoms with van der Waals surface area (Å²) < 4.78 is 33.4. The van der Waals surface area contributed by atoms with Crippen molar-refractivity contribution in [1.82, 2.24) is 8.87 Å². The van der Waals surface area contributed by atoms with Crippen LogP contribution >= 0.6 is 0 Å². The fourth-order valence-electron chi connectivity index (χ4n) is 3.71. The first-order valence-electron chi connectivity index (χ1n) is 9.35. The van der Waals surface area contributed by atoms with Crippen LogP contribution in [0.15, 0.2) is 53.6 Å². The number of ether oxygens (including phenoxy) is 1. The Morgan fingerprint density at radius 2 is 1.61 bits per heavy atom. The van der Waals surface area contributed by atoms with Crippen LogP contribution in [-0.2, 0) is 10.0 Å². The van der Waals surface area contributed by atoms with Crippen molar-refractivity contribution in [1.29, 1.82) is 0 Å². The Morgan fingerprint density at radius 1 is 0.929 bits per heavy atom. The Balaban J connectivity index is 1.85. The molecule has 6 nitrogen and oxygen atoms in total. The molecule has 1 aromatic heterocycles. The highest BCUT2D eigenvalue weighted by Gasteiger charge is 2.24. The summed E-state index contributed by atoms with van der Waals surface area (Å²) in [6.45, 7) is 5.61. The van der Waals surface area contributed by atoms with Gasteiger partial charge in [0.2, 0.25) is 0 Å². The van der Waals surface area contributed by atoms with Crippen molar-refractivity contribution in [2.75, 3.05) is 45.2 Å². The van der Waals surface area contributed by atoms with E-state index in [0.717, 1.165) is 48.6 Å². The van der Waals surface area contributed by atoms with Gasteiger partial charge in [-0.1, -0.05) is 17.7 Å². The maximum atomic E-state index is 13.2. The number of aryl methyl sites for hydroxylation is 1. The van der Waals surface area contributed by atoms with E-state index >= 15 is 0 Å². The number of piperazine rings is 1. The number of anilines is 1. The number of fused-ring (bicyclic) bond motifs is 1. The summed E-state index contributed by atoms with van der Waals surface area (Å²) >= 11 is 0. The van der Waals surface area contributed by atoms with Crippen molar-refractivity contribution < 1.29 is 13.2 Å². The van der Waals surface area contributed by atoms with Crippen molar-refractivity contribution in [2.45, 2.75) is 11.8 Å². The minimum absolute atomic E-state index is 0.285. The van der Waals surface area contributed by atoms with E-state index in [9.17, 15) is 8.42 Å². The first-order valence-corrected chi connectivity index (χ1v) is 10.8. The van der Waals surface area contributed by atoms with Gasteiger partial charge in [0.1, 0.15) is 5.75 Å². The van der Waals surface area contributed by atoms with Crippen LogP contribution in [-0.4, -0.2) is 57.6 Å². The summed E-state index contributed by atoms with van der Waals surface area (Å²) in [4.78, 5) is 4.85. The highest BCUT2D eigenvalue weighted by Crippen LogP contribution is 2.38. The molecule has 148 valence electrons. The largest absolute Gasteiger partial charge is 0.495 e. The lowest BCUT2D eigenvalue weighted by Crippen LogP contribution is -2.44. The van der Waals surface area contributed by atoms with Crippen LogP contribution in [0.25, 0.3) is 10.9 Å². The molecular formula is C21H25N3O3S. The number of hydrogen-bond acceptors (Lipinski definition) is 5. The first kappa shape index (κ1) is 18.8. The molecule has 1 aliphatic rings. The molecule has 0 saturated carbocycles. The Labute approximate surface area is 166 Å². The van der Waals surface area contributed by atoms with Gasteiger partial charge >= 0.3 is 0 Å². The molecule has 7 heteroatoms. The predicted molar refractivity (Wildman–Crippen MR) is 112 cm³/mol. The molecule has 0 aliphatic carbocycles. The third-order valence-corrected chi connectivity index (χ3v) is 7.09. The van der Waals surface area contributed by atoms with Gasteiger partial charge in [0.05, 0.1) is 23.2 Å². The summed E-state index contributed by atoms with van der Waals surface area (Å²) in [6.07, 6.45) is 1.64. The molecule has 0 radical (unpaired) electrons. The maximum Gasteiger partial charge on any atom is 0.268 e. The Hall–Kier alpha value is -2.51. The van der Waals surface area contributed by atoms with E-state index in [0.29, 0.717) is 5.52 Å². The molecule has 3 aromatic rings. The standard InChI is InChI=1S/C21H25N3O3S/c1-16-4-6-17(7-5-16)28(25,26)24-11-10-18-19(24)8-9-20(27-3)21(18)23-14-12-22(2)13-15-23/h4-11H,12-15H2,1-3H3. The minimum atomic E-state index is -3.67. The fourth-order valence-corrected chi connectivity index (χ4v) is 5.06. The van der Waals surface area contributed by atoms with E-state index in [-0.39, 0.29) is 4.90 Å². The molecule has 2 aromatic carbocycles. The van der Waals surface area contributed by atoms with E-state index in [1.807, 2.05) is 37.3 Å². The van der Waals surface area contributed by atoms with Crippen molar-refractivity contribution in [2.24, 2.45) is 0 Å². The summed E-state index contributed by atoms with van der Waals surface area (Å²) in [7, 11) is 0.0987. The van der Waals surface area contributed by atoms with Crippen LogP contribution < -0.4 is 9.64 Å². The van der Waals surface area contributed by atoms with Crippen molar-refractivity contribution in [3.05, 3.63) is 54.2 Å². The zero-order valence-electron chi connectivity index (χ0n) is 16.4. The molecule has 0 spiro atoms. The summed E-state index contributed by atoms with van der Waals surface area (Å²) in [5.74, 6) is 0.766. The van der Waals surface area contributed by atoms with Crippen LogP contribution in [0.3, 0.4) is 0 Å². The number of rotatable bonds is 4. The molecule has 4 rings (SSSR count). The van der Waals surface area contributed by atoms with Crippen molar-refractivity contribution in [3.8, 4) is 5.75 Å². The lowest BCUT2D eigenvalue weighted by molar-refractivity contribution is 0.311. The van der Waals surface area contributed by atoms with Crippen molar-refractivity contribution in [3.63, 3.8) is 0 Å². The zero-order chi connectivity index (χ0) is 19.9. The first-order chi connectivity index (χ1) is 13.4. The number of benzene rings is 2. The summed E-state index contributed by atoms with van der Waals surface area (Å²) in [6, 6.07) is 12.5. The molecule has 0 amide bonds. The van der Waals surface area contributed by atoms with Crippen LogP contribution in [0, 0.1) is 6.92 Å². The van der Waals surface area contributed by atoms with Crippen molar-refractivity contribution >= 4 is 26.6 Å². The van der Waals surface area contributed by atoms with Gasteiger partial charge < -0.3 is 14.5 Å². The van der Waals surface area contributed by atoms with Gasteiger partial charge in [-0.25, -0.2) is 12.4 Å². The van der Waals surface area contributed by atoms with Crippen LogP contribution in [0.2, 0.25) is 0 Å². The molecule has 2 heterocycles. The number of nitrogens with zero attached hydrogens (tertiary/aromatic N) is 3. The second kappa shape index (κ2) is 7.14. The topological polar surface area (TPSA) is 54.8 Å². The van der Waals surface area contributed by atoms with Gasteiger partial charge in [-0.2, -0.15) is 0 Å². The lowest BCUT2D eigenvalue weighted by Gasteiger charge is -2.35. The molecule has 1 aliphatic heterocycles. The Morgan fingerprint density at radius 3 is 2.25 bits per heavy atom. The van der Waals surface area contributed by atoms with Gasteiger partial charge in [-0.05, 0) is 44.3 Å². The van der Waals surface area contributed by atoms with E-state index < -0.39 is 10.0 Å². The van der Waals surface area contributed by atoms with Gasteiger partial charge in [-0.15, -0.1) is 0 Å². The van der Waals surface area contributed by atoms with E-state index in [2.05, 4.69) is 16.8 Å². The highest BCUT2D eigenvalue weighted by molar-refractivity contribution is 7.90. The maximum absolute atomic E-state index is 13.2. The molecule has 0 unspecified atom stereocenters. The van der Waals surface area contributed by atoms with Crippen LogP contribution in [0.5, 0.6) is 5.75 Å². The predicted octanol–water partition coefficient (Wildman–Crippen LogP) is 2.95. The van der Waals surface area contributed by atoms with E-state index in [4.69, 9.17) is 4.74 Å². The number of hydrogen-bond donors (Lipinski definition) is 0. The monoisotopic (exact) mass is 399 g/mol. The molecule has 0 bridgehead atoms. The molecule has 1 fully saturated rings. The average Bonchev–Trinajstić information content (AvgIpc) is 3.13. The quantitative estimate of drug-likeness (QED) is 0.675. The van der Waals surface area contributed by atoms with Gasteiger partial charge in [0.25, 0.3) is 10.0 Å². The van der Waals surface area contributed by atoms with Gasteiger partial charge in [0.15, 0.2) is 0 Å².